The second-order valence-corrected chi connectivity index (χ2v) is 10.1. The van der Waals surface area contributed by atoms with Crippen molar-refractivity contribution < 1.29 is 0 Å². The molecule has 4 rings (SSSR count). The van der Waals surface area contributed by atoms with Gasteiger partial charge in [-0.25, -0.2) is 0 Å². The molecule has 0 heterocycles. The van der Waals surface area contributed by atoms with Gasteiger partial charge in [-0.2, -0.15) is 0 Å². The van der Waals surface area contributed by atoms with Crippen LogP contribution in [0.5, 0.6) is 0 Å². The minimum absolute atomic E-state index is 0.692. The summed E-state index contributed by atoms with van der Waals surface area (Å²) in [6, 6.07) is 0. The molecule has 0 aliphatic heterocycles. The fourth-order valence-corrected chi connectivity index (χ4v) is 7.20. The van der Waals surface area contributed by atoms with E-state index < -0.39 is 0 Å². The monoisotopic (exact) mass is 442 g/mol. The zero-order valence-corrected chi connectivity index (χ0v) is 23.4. The van der Waals surface area contributed by atoms with Gasteiger partial charge in [-0.15, -0.1) is 0 Å². The molecule has 0 amide bonds. The van der Waals surface area contributed by atoms with Crippen LogP contribution in [0, 0.1) is 29.1 Å². The van der Waals surface area contributed by atoms with E-state index in [-0.39, 0.29) is 0 Å². The van der Waals surface area contributed by atoms with Gasteiger partial charge in [-0.3, -0.25) is 0 Å². The van der Waals surface area contributed by atoms with Crippen LogP contribution >= 0.6 is 0 Å². The van der Waals surface area contributed by atoms with Gasteiger partial charge in [-0.05, 0) is 86.9 Å². The van der Waals surface area contributed by atoms with E-state index in [1.807, 2.05) is 47.1 Å². The second kappa shape index (κ2) is 15.2. The molecule has 32 heavy (non-hydrogen) atoms. The van der Waals surface area contributed by atoms with Crippen LogP contribution in [0.3, 0.4) is 0 Å². The number of unbranched alkanes of at least 4 members (excludes halogenated alkanes) is 2. The smallest absolute Gasteiger partial charge is 0.0140 e. The third-order valence-corrected chi connectivity index (χ3v) is 8.71. The van der Waals surface area contributed by atoms with Crippen LogP contribution < -0.4 is 0 Å². The number of hydrogen-bond donors (Lipinski definition) is 0. The highest BCUT2D eigenvalue weighted by molar-refractivity contribution is 5.29. The predicted octanol–water partition coefficient (Wildman–Crippen LogP) is 11.1. The highest BCUT2D eigenvalue weighted by Crippen LogP contribution is 2.70. The largest absolute Gasteiger partial charge is 0.0996 e. The Morgan fingerprint density at radius 3 is 2.31 bits per heavy atom. The molecule has 0 radical (unpaired) electrons. The molecule has 1 spiro atoms. The van der Waals surface area contributed by atoms with Gasteiger partial charge in [-0.1, -0.05) is 117 Å². The van der Waals surface area contributed by atoms with E-state index in [1.165, 1.54) is 82.6 Å². The Kier molecular flexibility index (Phi) is 13.9. The Morgan fingerprint density at radius 1 is 0.938 bits per heavy atom. The predicted molar refractivity (Wildman–Crippen MR) is 147 cm³/mol. The lowest BCUT2D eigenvalue weighted by Crippen LogP contribution is -2.49. The molecule has 0 aromatic carbocycles. The van der Waals surface area contributed by atoms with E-state index in [2.05, 4.69) is 32.6 Å². The average Bonchev–Trinajstić information content (AvgIpc) is 3.14. The Morgan fingerprint density at radius 2 is 1.66 bits per heavy atom. The van der Waals surface area contributed by atoms with E-state index in [4.69, 9.17) is 0 Å². The van der Waals surface area contributed by atoms with Crippen molar-refractivity contribution in [2.45, 2.75) is 139 Å². The molecule has 4 aliphatic rings. The maximum absolute atomic E-state index is 4.24. The standard InChI is InChI=1S/C26H40.3C2H6/c1-4-5-6-8-23-18-26-16-7-9-22(24(26)14-15-25(23)26)13-12-21-11-10-19(2)20(3)17-21;3*1-2/h12-13,20,23-25H,2,4-11,14-18H2,1,3H3;3*1-2H3/b21-12-,22-13+;;;. The lowest BCUT2D eigenvalue weighted by molar-refractivity contribution is -0.0613. The number of allylic oxidation sites excluding steroid dienone is 5. The van der Waals surface area contributed by atoms with Crippen LogP contribution in [0.2, 0.25) is 0 Å². The molecule has 4 saturated carbocycles. The first-order valence-corrected chi connectivity index (χ1v) is 14.7. The highest BCUT2D eigenvalue weighted by Gasteiger charge is 2.61. The third-order valence-electron chi connectivity index (χ3n) is 8.71. The summed E-state index contributed by atoms with van der Waals surface area (Å²) in [5.74, 6) is 3.79. The van der Waals surface area contributed by atoms with Gasteiger partial charge in [0.1, 0.15) is 0 Å². The molecule has 4 aliphatic carbocycles. The van der Waals surface area contributed by atoms with Gasteiger partial charge < -0.3 is 0 Å². The van der Waals surface area contributed by atoms with Crippen LogP contribution in [-0.2, 0) is 0 Å². The van der Waals surface area contributed by atoms with Gasteiger partial charge in [0.25, 0.3) is 0 Å². The summed E-state index contributed by atoms with van der Waals surface area (Å²) in [7, 11) is 0. The van der Waals surface area contributed by atoms with Crippen LogP contribution in [0.1, 0.15) is 139 Å². The minimum Gasteiger partial charge on any atom is -0.0996 e. The maximum Gasteiger partial charge on any atom is -0.0140 e. The fraction of sp³-hybridized carbons (Fsp3) is 0.812. The molecule has 4 fully saturated rings. The Bertz CT molecular complexity index is 591. The van der Waals surface area contributed by atoms with Crippen molar-refractivity contribution in [2.75, 3.05) is 0 Å². The zero-order chi connectivity index (χ0) is 24.1. The van der Waals surface area contributed by atoms with Crippen LogP contribution in [0.4, 0.5) is 0 Å². The first-order valence-electron chi connectivity index (χ1n) is 14.7. The third kappa shape index (κ3) is 6.64. The molecule has 0 heteroatoms. The average molecular weight is 443 g/mol. The normalized spacial score (nSPS) is 35.2. The summed E-state index contributed by atoms with van der Waals surface area (Å²) in [6.45, 7) is 20.9. The summed E-state index contributed by atoms with van der Waals surface area (Å²) in [6.07, 6.45) is 23.6. The summed E-state index contributed by atoms with van der Waals surface area (Å²) >= 11 is 0. The Labute approximate surface area is 203 Å². The summed E-state index contributed by atoms with van der Waals surface area (Å²) in [4.78, 5) is 0. The van der Waals surface area contributed by atoms with Crippen molar-refractivity contribution >= 4 is 0 Å². The van der Waals surface area contributed by atoms with Gasteiger partial charge in [0.2, 0.25) is 0 Å². The summed E-state index contributed by atoms with van der Waals surface area (Å²) in [5, 5.41) is 0. The Hall–Kier alpha value is -0.780. The molecule has 0 aromatic rings. The lowest BCUT2D eigenvalue weighted by Gasteiger charge is -2.57. The first kappa shape index (κ1) is 29.3. The highest BCUT2D eigenvalue weighted by atomic mass is 14.7. The van der Waals surface area contributed by atoms with Crippen molar-refractivity contribution in [1.29, 1.82) is 0 Å². The molecule has 5 unspecified atom stereocenters. The van der Waals surface area contributed by atoms with E-state index in [1.54, 1.807) is 12.0 Å². The molecule has 0 saturated heterocycles. The van der Waals surface area contributed by atoms with Crippen molar-refractivity contribution in [3.63, 3.8) is 0 Å². The minimum atomic E-state index is 0.692. The van der Waals surface area contributed by atoms with E-state index in [9.17, 15) is 0 Å². The van der Waals surface area contributed by atoms with E-state index in [0.29, 0.717) is 5.92 Å². The van der Waals surface area contributed by atoms with Gasteiger partial charge >= 0.3 is 0 Å². The maximum atomic E-state index is 4.24. The van der Waals surface area contributed by atoms with Crippen molar-refractivity contribution in [3.8, 4) is 0 Å². The van der Waals surface area contributed by atoms with Crippen molar-refractivity contribution in [3.05, 3.63) is 35.5 Å². The molecule has 186 valence electrons. The SMILES string of the molecule is C=C1CC/C(=C/C=C2\CCCC34CC(CCCCC)C3CCC24)CC1C.CC.CC.CC. The molecule has 0 nitrogen and oxygen atoms in total. The lowest BCUT2D eigenvalue weighted by atomic mass is 9.47. The molecule has 0 bridgehead atoms. The van der Waals surface area contributed by atoms with Crippen LogP contribution in [0.25, 0.3) is 0 Å². The summed E-state index contributed by atoms with van der Waals surface area (Å²) < 4.78 is 0. The van der Waals surface area contributed by atoms with Crippen molar-refractivity contribution in [1.82, 2.24) is 0 Å². The summed E-state index contributed by atoms with van der Waals surface area (Å²) in [5.41, 5.74) is 5.72. The van der Waals surface area contributed by atoms with Gasteiger partial charge in [0, 0.05) is 0 Å². The molecular weight excluding hydrogens is 384 g/mol. The molecule has 0 aromatic heterocycles. The van der Waals surface area contributed by atoms with E-state index >= 15 is 0 Å². The Balaban J connectivity index is 0.000000789. The topological polar surface area (TPSA) is 0 Å². The first-order chi connectivity index (χ1) is 15.6. The van der Waals surface area contributed by atoms with Gasteiger partial charge in [0.15, 0.2) is 0 Å². The molecule has 5 atom stereocenters. The number of rotatable bonds is 5. The molecular formula is C32H58. The zero-order valence-electron chi connectivity index (χ0n) is 23.4. The van der Waals surface area contributed by atoms with Gasteiger partial charge in [0.05, 0.1) is 0 Å². The fourth-order valence-electron chi connectivity index (χ4n) is 7.20. The van der Waals surface area contributed by atoms with Crippen LogP contribution in [0.15, 0.2) is 35.5 Å². The van der Waals surface area contributed by atoms with Crippen molar-refractivity contribution in [2.24, 2.45) is 29.1 Å². The molecule has 0 N–H and O–H groups in total. The van der Waals surface area contributed by atoms with Crippen LogP contribution in [-0.4, -0.2) is 0 Å². The van der Waals surface area contributed by atoms with E-state index in [0.717, 1.165) is 23.2 Å². The number of hydrogen-bond acceptors (Lipinski definition) is 0. The second-order valence-electron chi connectivity index (χ2n) is 10.1. The quantitative estimate of drug-likeness (QED) is 0.293.